The molecule has 0 heterocycles. The van der Waals surface area contributed by atoms with Gasteiger partial charge in [-0.2, -0.15) is 0 Å². The van der Waals surface area contributed by atoms with Crippen molar-refractivity contribution >= 4 is 27.5 Å². The Kier molecular flexibility index (Phi) is 11.9. The fourth-order valence-corrected chi connectivity index (χ4v) is 5.69. The third-order valence-electron chi connectivity index (χ3n) is 7.59. The number of carbonyl (C=O) groups is 2. The summed E-state index contributed by atoms with van der Waals surface area (Å²) >= 11 is 0. The molecular formula is C36H40FN3O5S. The summed E-state index contributed by atoms with van der Waals surface area (Å²) in [6.07, 6.45) is 1.91. The summed E-state index contributed by atoms with van der Waals surface area (Å²) in [4.78, 5) is 29.3. The predicted octanol–water partition coefficient (Wildman–Crippen LogP) is 5.73. The molecule has 0 aliphatic heterocycles. The van der Waals surface area contributed by atoms with Crippen LogP contribution in [0.1, 0.15) is 37.0 Å². The van der Waals surface area contributed by atoms with Crippen molar-refractivity contribution in [3.8, 4) is 5.75 Å². The zero-order chi connectivity index (χ0) is 33.1. The molecular weight excluding hydrogens is 605 g/mol. The second-order valence-corrected chi connectivity index (χ2v) is 13.1. The van der Waals surface area contributed by atoms with Gasteiger partial charge < -0.3 is 15.0 Å². The Balaban J connectivity index is 1.64. The molecule has 46 heavy (non-hydrogen) atoms. The van der Waals surface area contributed by atoms with E-state index in [4.69, 9.17) is 4.74 Å². The number of hydrogen-bond acceptors (Lipinski definition) is 5. The molecule has 0 saturated heterocycles. The fourth-order valence-electron chi connectivity index (χ4n) is 4.84. The van der Waals surface area contributed by atoms with Gasteiger partial charge in [0.25, 0.3) is 0 Å². The van der Waals surface area contributed by atoms with Crippen LogP contribution in [0.5, 0.6) is 5.75 Å². The molecule has 0 fully saturated rings. The Labute approximate surface area is 270 Å². The number of ether oxygens (including phenoxy) is 1. The van der Waals surface area contributed by atoms with Crippen LogP contribution in [-0.2, 0) is 39.2 Å². The zero-order valence-electron chi connectivity index (χ0n) is 26.3. The second-order valence-electron chi connectivity index (χ2n) is 11.2. The molecule has 8 nitrogen and oxygen atoms in total. The van der Waals surface area contributed by atoms with Crippen LogP contribution in [0.25, 0.3) is 0 Å². The van der Waals surface area contributed by atoms with Gasteiger partial charge in [0.15, 0.2) is 0 Å². The van der Waals surface area contributed by atoms with Gasteiger partial charge in [-0.25, -0.2) is 12.8 Å². The number of benzene rings is 4. The number of nitrogens with one attached hydrogen (secondary N) is 1. The summed E-state index contributed by atoms with van der Waals surface area (Å²) in [5.41, 5.74) is 2.68. The van der Waals surface area contributed by atoms with Crippen LogP contribution in [0.4, 0.5) is 10.1 Å². The highest BCUT2D eigenvalue weighted by molar-refractivity contribution is 7.92. The summed E-state index contributed by atoms with van der Waals surface area (Å²) in [6.45, 7) is 3.58. The third kappa shape index (κ3) is 9.90. The number of sulfonamides is 1. The molecule has 2 atom stereocenters. The lowest BCUT2D eigenvalue weighted by molar-refractivity contribution is -0.140. The highest BCUT2D eigenvalue weighted by atomic mass is 32.2. The number of amides is 2. The average molecular weight is 646 g/mol. The number of anilines is 1. The number of rotatable bonds is 15. The smallest absolute Gasteiger partial charge is 0.244 e. The van der Waals surface area contributed by atoms with Crippen molar-refractivity contribution in [3.05, 3.63) is 132 Å². The second kappa shape index (κ2) is 16.0. The lowest BCUT2D eigenvalue weighted by atomic mass is 10.0. The first-order chi connectivity index (χ1) is 22.0. The predicted molar refractivity (Wildman–Crippen MR) is 178 cm³/mol. The minimum atomic E-state index is -3.93. The molecule has 0 aromatic heterocycles. The van der Waals surface area contributed by atoms with Crippen LogP contribution >= 0.6 is 0 Å². The highest BCUT2D eigenvalue weighted by Crippen LogP contribution is 2.24. The molecule has 1 N–H and O–H groups in total. The first-order valence-electron chi connectivity index (χ1n) is 15.2. The van der Waals surface area contributed by atoms with Crippen molar-refractivity contribution in [1.29, 1.82) is 0 Å². The molecule has 0 unspecified atom stereocenters. The van der Waals surface area contributed by atoms with E-state index in [1.54, 1.807) is 36.4 Å². The molecule has 0 aliphatic carbocycles. The maximum absolute atomic E-state index is 14.2. The van der Waals surface area contributed by atoms with Gasteiger partial charge in [-0.15, -0.1) is 0 Å². The molecule has 0 radical (unpaired) electrons. The highest BCUT2D eigenvalue weighted by Gasteiger charge is 2.33. The van der Waals surface area contributed by atoms with E-state index in [0.29, 0.717) is 24.3 Å². The summed E-state index contributed by atoms with van der Waals surface area (Å²) < 4.78 is 46.8. The average Bonchev–Trinajstić information content (AvgIpc) is 3.05. The van der Waals surface area contributed by atoms with Gasteiger partial charge in [0.2, 0.25) is 21.8 Å². The van der Waals surface area contributed by atoms with Crippen LogP contribution in [0.2, 0.25) is 0 Å². The quantitative estimate of drug-likeness (QED) is 0.178. The van der Waals surface area contributed by atoms with Gasteiger partial charge in [0.05, 0.1) is 11.9 Å². The molecule has 0 aliphatic rings. The Bertz CT molecular complexity index is 1670. The van der Waals surface area contributed by atoms with E-state index >= 15 is 0 Å². The van der Waals surface area contributed by atoms with Gasteiger partial charge >= 0.3 is 0 Å². The van der Waals surface area contributed by atoms with Gasteiger partial charge in [-0.05, 0) is 66.4 Å². The van der Waals surface area contributed by atoms with E-state index in [-0.39, 0.29) is 30.6 Å². The van der Waals surface area contributed by atoms with E-state index in [1.807, 2.05) is 74.5 Å². The van der Waals surface area contributed by atoms with Crippen LogP contribution in [0, 0.1) is 5.82 Å². The monoisotopic (exact) mass is 645 g/mol. The molecule has 10 heteroatoms. The lowest BCUT2D eigenvalue weighted by Crippen LogP contribution is -2.54. The normalized spacial score (nSPS) is 12.5. The molecule has 242 valence electrons. The summed E-state index contributed by atoms with van der Waals surface area (Å²) in [5, 5.41) is 2.99. The summed E-state index contributed by atoms with van der Waals surface area (Å²) in [5.74, 6) is -0.842. The van der Waals surface area contributed by atoms with E-state index in [9.17, 15) is 22.4 Å². The summed E-state index contributed by atoms with van der Waals surface area (Å²) in [6, 6.07) is 29.9. The number of hydrogen-bond donors (Lipinski definition) is 1. The topological polar surface area (TPSA) is 96.0 Å². The Hall–Kier alpha value is -4.70. The maximum Gasteiger partial charge on any atom is 0.244 e. The van der Waals surface area contributed by atoms with Crippen LogP contribution < -0.4 is 14.4 Å². The third-order valence-corrected chi connectivity index (χ3v) is 8.73. The van der Waals surface area contributed by atoms with Crippen molar-refractivity contribution in [2.24, 2.45) is 0 Å². The minimum absolute atomic E-state index is 0.0333. The van der Waals surface area contributed by atoms with Crippen molar-refractivity contribution in [3.63, 3.8) is 0 Å². The van der Waals surface area contributed by atoms with Crippen molar-refractivity contribution in [1.82, 2.24) is 10.2 Å². The van der Waals surface area contributed by atoms with Crippen LogP contribution in [0.15, 0.2) is 109 Å². The molecule has 4 rings (SSSR count). The van der Waals surface area contributed by atoms with Crippen molar-refractivity contribution in [2.75, 3.05) is 17.1 Å². The lowest BCUT2D eigenvalue weighted by Gasteiger charge is -2.34. The van der Waals surface area contributed by atoms with Crippen LogP contribution in [0.3, 0.4) is 0 Å². The maximum atomic E-state index is 14.2. The molecule has 0 saturated carbocycles. The zero-order valence-corrected chi connectivity index (χ0v) is 27.1. The SMILES string of the molecule is CC[C@@H](C)NC(=O)[C@@H](Cc1ccccc1)N(Cc1ccc(F)cc1)C(=O)CN(c1ccc(OCc2ccccc2)cc1)S(C)(=O)=O. The molecule has 4 aromatic carbocycles. The van der Waals surface area contributed by atoms with E-state index in [0.717, 1.165) is 21.7 Å². The fraction of sp³-hybridized carbons (Fsp3) is 0.278. The number of halogens is 1. The number of carbonyl (C=O) groups excluding carboxylic acids is 2. The Morgan fingerprint density at radius 1 is 0.826 bits per heavy atom. The van der Waals surface area contributed by atoms with Crippen molar-refractivity contribution < 1.29 is 27.1 Å². The van der Waals surface area contributed by atoms with Crippen molar-refractivity contribution in [2.45, 2.75) is 51.9 Å². The molecule has 2 amide bonds. The van der Waals surface area contributed by atoms with Gasteiger partial charge in [-0.3, -0.25) is 13.9 Å². The molecule has 0 spiro atoms. The Morgan fingerprint density at radius 2 is 1.41 bits per heavy atom. The van der Waals surface area contributed by atoms with E-state index in [2.05, 4.69) is 5.32 Å². The standard InChI is InChI=1S/C36H40FN3O5S/c1-4-27(2)38-36(42)34(23-28-11-7-5-8-12-28)39(24-29-15-17-31(37)18-16-29)35(41)25-40(46(3,43)44)32-19-21-33(22-20-32)45-26-30-13-9-6-10-14-30/h5-22,27,34H,4,23-26H2,1-3H3,(H,38,42)/t27-,34-/m1/s1. The van der Waals surface area contributed by atoms with Gasteiger partial charge in [0.1, 0.15) is 30.8 Å². The first kappa shape index (κ1) is 34.2. The van der Waals surface area contributed by atoms with Crippen LogP contribution in [-0.4, -0.2) is 50.0 Å². The summed E-state index contributed by atoms with van der Waals surface area (Å²) in [7, 11) is -3.93. The molecule has 4 aromatic rings. The van der Waals surface area contributed by atoms with E-state index in [1.165, 1.54) is 17.0 Å². The Morgan fingerprint density at radius 3 is 1.98 bits per heavy atom. The largest absolute Gasteiger partial charge is 0.489 e. The van der Waals surface area contributed by atoms with Gasteiger partial charge in [-0.1, -0.05) is 79.7 Å². The van der Waals surface area contributed by atoms with Gasteiger partial charge in [0, 0.05) is 19.0 Å². The molecule has 0 bridgehead atoms. The minimum Gasteiger partial charge on any atom is -0.489 e. The number of nitrogens with zero attached hydrogens (tertiary/aromatic N) is 2. The first-order valence-corrected chi connectivity index (χ1v) is 17.0. The van der Waals surface area contributed by atoms with E-state index < -0.39 is 34.3 Å².